The zero-order valence-electron chi connectivity index (χ0n) is 7.46. The molecule has 74 valence electrons. The number of hydrogen-bond donors (Lipinski definition) is 2. The van der Waals surface area contributed by atoms with E-state index in [0.29, 0.717) is 24.4 Å². The molecule has 2 heterocycles. The highest BCUT2D eigenvalue weighted by Gasteiger charge is 1.98. The number of aliphatic hydroxyl groups excluding tert-OH is 1. The maximum atomic E-state index is 8.59. The Morgan fingerprint density at radius 1 is 1.43 bits per heavy atom. The first kappa shape index (κ1) is 8.82. The van der Waals surface area contributed by atoms with Crippen LogP contribution >= 0.6 is 0 Å². The summed E-state index contributed by atoms with van der Waals surface area (Å²) in [7, 11) is 0. The first-order valence-corrected chi connectivity index (χ1v) is 4.30. The molecule has 14 heavy (non-hydrogen) atoms. The molecule has 2 N–H and O–H groups in total. The lowest BCUT2D eigenvalue weighted by Crippen LogP contribution is -2.07. The van der Waals surface area contributed by atoms with E-state index < -0.39 is 0 Å². The fraction of sp³-hybridized carbons (Fsp3) is 0.429. The van der Waals surface area contributed by atoms with Gasteiger partial charge in [-0.05, 0) is 29.0 Å². The second-order valence-corrected chi connectivity index (χ2v) is 2.75. The summed E-state index contributed by atoms with van der Waals surface area (Å²) in [4.78, 5) is 0. The Morgan fingerprint density at radius 2 is 2.36 bits per heavy atom. The first-order chi connectivity index (χ1) is 6.90. The van der Waals surface area contributed by atoms with Crippen LogP contribution < -0.4 is 5.32 Å². The van der Waals surface area contributed by atoms with Crippen LogP contribution in [-0.2, 0) is 0 Å². The Bertz CT molecular complexity index is 413. The van der Waals surface area contributed by atoms with Gasteiger partial charge in [0.1, 0.15) is 5.82 Å². The van der Waals surface area contributed by atoms with Crippen LogP contribution in [0.1, 0.15) is 6.42 Å². The van der Waals surface area contributed by atoms with Crippen molar-refractivity contribution in [3.05, 3.63) is 12.1 Å². The van der Waals surface area contributed by atoms with E-state index in [1.54, 1.807) is 12.1 Å². The fourth-order valence-electron chi connectivity index (χ4n) is 1.04. The lowest BCUT2D eigenvalue weighted by atomic mass is 10.4. The molecule has 0 aliphatic rings. The zero-order valence-corrected chi connectivity index (χ0v) is 7.46. The van der Waals surface area contributed by atoms with Crippen molar-refractivity contribution in [3.8, 4) is 0 Å². The molecule has 0 aliphatic heterocycles. The van der Waals surface area contributed by atoms with Gasteiger partial charge in [0.15, 0.2) is 5.65 Å². The molecular weight excluding hydrogens is 184 g/mol. The molecule has 7 heteroatoms. The number of nitrogens with one attached hydrogen (secondary N) is 1. The van der Waals surface area contributed by atoms with E-state index >= 15 is 0 Å². The molecule has 0 radical (unpaired) electrons. The number of anilines is 1. The van der Waals surface area contributed by atoms with E-state index in [0.717, 1.165) is 0 Å². The molecule has 0 amide bonds. The third-order valence-corrected chi connectivity index (χ3v) is 1.71. The van der Waals surface area contributed by atoms with Crippen molar-refractivity contribution >= 4 is 11.5 Å². The molecule has 0 bridgehead atoms. The van der Waals surface area contributed by atoms with Crippen LogP contribution in [0.2, 0.25) is 0 Å². The van der Waals surface area contributed by atoms with Crippen LogP contribution in [0.15, 0.2) is 12.1 Å². The van der Waals surface area contributed by atoms with E-state index in [1.807, 2.05) is 0 Å². The van der Waals surface area contributed by atoms with Gasteiger partial charge in [0.05, 0.1) is 0 Å². The third-order valence-electron chi connectivity index (χ3n) is 1.71. The van der Waals surface area contributed by atoms with Gasteiger partial charge < -0.3 is 10.4 Å². The Morgan fingerprint density at radius 3 is 3.21 bits per heavy atom. The molecule has 2 rings (SSSR count). The van der Waals surface area contributed by atoms with Gasteiger partial charge in [0.25, 0.3) is 0 Å². The number of nitrogens with zero attached hydrogens (tertiary/aromatic N) is 5. The summed E-state index contributed by atoms with van der Waals surface area (Å²) in [6.07, 6.45) is 0.690. The highest BCUT2D eigenvalue weighted by atomic mass is 16.3. The van der Waals surface area contributed by atoms with Crippen LogP contribution in [0.4, 0.5) is 5.82 Å². The summed E-state index contributed by atoms with van der Waals surface area (Å²) in [6, 6.07) is 3.57. The van der Waals surface area contributed by atoms with E-state index in [4.69, 9.17) is 5.11 Å². The molecule has 0 saturated heterocycles. The van der Waals surface area contributed by atoms with Crippen molar-refractivity contribution in [1.29, 1.82) is 0 Å². The quantitative estimate of drug-likeness (QED) is 0.626. The fourth-order valence-corrected chi connectivity index (χ4v) is 1.04. The molecule has 2 aromatic heterocycles. The van der Waals surface area contributed by atoms with Gasteiger partial charge in [-0.3, -0.25) is 0 Å². The van der Waals surface area contributed by atoms with Crippen molar-refractivity contribution in [2.75, 3.05) is 18.5 Å². The minimum absolute atomic E-state index is 0.167. The molecule has 0 aliphatic carbocycles. The summed E-state index contributed by atoms with van der Waals surface area (Å²) in [5, 5.41) is 26.6. The molecule has 2 aromatic rings. The summed E-state index contributed by atoms with van der Waals surface area (Å²) in [5.74, 6) is 0.693. The van der Waals surface area contributed by atoms with Crippen LogP contribution in [0.5, 0.6) is 0 Å². The average Bonchev–Trinajstić information content (AvgIpc) is 2.65. The maximum Gasteiger partial charge on any atom is 0.200 e. The summed E-state index contributed by atoms with van der Waals surface area (Å²) in [5.41, 5.74) is 0.609. The molecule has 0 unspecified atom stereocenters. The average molecular weight is 194 g/mol. The predicted octanol–water partition coefficient (Wildman–Crippen LogP) is -0.686. The number of aromatic nitrogens is 5. The number of rotatable bonds is 4. The lowest BCUT2D eigenvalue weighted by molar-refractivity contribution is 0.292. The SMILES string of the molecule is OCCCNc1ccc2nnnn2n1. The molecular formula is C7H10N6O. The summed E-state index contributed by atoms with van der Waals surface area (Å²) in [6.45, 7) is 0.845. The van der Waals surface area contributed by atoms with Gasteiger partial charge in [-0.2, -0.15) is 0 Å². The molecule has 0 spiro atoms. The minimum atomic E-state index is 0.167. The highest BCUT2D eigenvalue weighted by molar-refractivity contribution is 5.41. The Hall–Kier alpha value is -1.76. The van der Waals surface area contributed by atoms with Gasteiger partial charge in [-0.15, -0.1) is 14.8 Å². The normalized spacial score (nSPS) is 10.6. The van der Waals surface area contributed by atoms with E-state index in [2.05, 4.69) is 25.9 Å². The first-order valence-electron chi connectivity index (χ1n) is 4.30. The standard InChI is InChI=1S/C7H10N6O/c14-5-1-4-8-6-2-3-7-9-11-12-13(7)10-6/h2-3,14H,1,4-5H2,(H,8,10). The van der Waals surface area contributed by atoms with E-state index in [1.165, 1.54) is 4.63 Å². The molecule has 0 aromatic carbocycles. The molecule has 0 saturated carbocycles. The smallest absolute Gasteiger partial charge is 0.200 e. The van der Waals surface area contributed by atoms with Gasteiger partial charge >= 0.3 is 0 Å². The van der Waals surface area contributed by atoms with Crippen molar-refractivity contribution in [1.82, 2.24) is 25.3 Å². The van der Waals surface area contributed by atoms with Crippen LogP contribution in [-0.4, -0.2) is 43.5 Å². The van der Waals surface area contributed by atoms with Gasteiger partial charge in [-0.25, -0.2) is 0 Å². The van der Waals surface area contributed by atoms with Gasteiger partial charge in [0.2, 0.25) is 0 Å². The number of fused-ring (bicyclic) bond motifs is 1. The van der Waals surface area contributed by atoms with Crippen LogP contribution in [0.25, 0.3) is 5.65 Å². The van der Waals surface area contributed by atoms with Crippen LogP contribution in [0.3, 0.4) is 0 Å². The van der Waals surface area contributed by atoms with Crippen molar-refractivity contribution in [2.24, 2.45) is 0 Å². The monoisotopic (exact) mass is 194 g/mol. The number of tetrazole rings is 1. The second kappa shape index (κ2) is 3.97. The van der Waals surface area contributed by atoms with Gasteiger partial charge in [0, 0.05) is 13.2 Å². The predicted molar refractivity (Wildman–Crippen MR) is 48.8 cm³/mol. The zero-order chi connectivity index (χ0) is 9.80. The largest absolute Gasteiger partial charge is 0.396 e. The highest BCUT2D eigenvalue weighted by Crippen LogP contribution is 2.02. The van der Waals surface area contributed by atoms with Crippen molar-refractivity contribution in [2.45, 2.75) is 6.42 Å². The Balaban J connectivity index is 2.10. The Labute approximate surface area is 79.7 Å². The van der Waals surface area contributed by atoms with Crippen LogP contribution in [0, 0.1) is 0 Å². The Kier molecular flexibility index (Phi) is 2.50. The maximum absolute atomic E-state index is 8.59. The molecule has 7 nitrogen and oxygen atoms in total. The molecule has 0 fully saturated rings. The third kappa shape index (κ3) is 1.77. The lowest BCUT2D eigenvalue weighted by Gasteiger charge is -2.02. The van der Waals surface area contributed by atoms with Crippen molar-refractivity contribution < 1.29 is 5.11 Å². The van der Waals surface area contributed by atoms with E-state index in [9.17, 15) is 0 Å². The minimum Gasteiger partial charge on any atom is -0.396 e. The summed E-state index contributed by atoms with van der Waals surface area (Å²) >= 11 is 0. The topological polar surface area (TPSA) is 88.2 Å². The second-order valence-electron chi connectivity index (χ2n) is 2.75. The summed E-state index contributed by atoms with van der Waals surface area (Å²) < 4.78 is 1.35. The van der Waals surface area contributed by atoms with Gasteiger partial charge in [-0.1, -0.05) is 0 Å². The number of aliphatic hydroxyl groups is 1. The molecule has 0 atom stereocenters. The van der Waals surface area contributed by atoms with Crippen molar-refractivity contribution in [3.63, 3.8) is 0 Å². The number of hydrogen-bond acceptors (Lipinski definition) is 6. The van der Waals surface area contributed by atoms with E-state index in [-0.39, 0.29) is 6.61 Å².